The summed E-state index contributed by atoms with van der Waals surface area (Å²) in [6.07, 6.45) is 1.25. The van der Waals surface area contributed by atoms with Gasteiger partial charge in [-0.3, -0.25) is 4.90 Å². The van der Waals surface area contributed by atoms with Gasteiger partial charge in [0.25, 0.3) is 0 Å². The van der Waals surface area contributed by atoms with Crippen LogP contribution in [0.25, 0.3) is 4.96 Å². The Morgan fingerprint density at radius 1 is 1.27 bits per heavy atom. The number of aryl methyl sites for hydroxylation is 1. The topological polar surface area (TPSA) is 53.7 Å². The van der Waals surface area contributed by atoms with E-state index >= 15 is 0 Å². The molecule has 26 heavy (non-hydrogen) atoms. The van der Waals surface area contributed by atoms with Crippen molar-refractivity contribution in [3.05, 3.63) is 45.0 Å². The first-order valence-corrected chi connectivity index (χ1v) is 10.6. The number of aromatic hydroxyl groups is 1. The first kappa shape index (κ1) is 17.9. The van der Waals surface area contributed by atoms with E-state index in [2.05, 4.69) is 63.0 Å². The van der Waals surface area contributed by atoms with Crippen molar-refractivity contribution in [3.8, 4) is 5.88 Å². The maximum atomic E-state index is 10.9. The quantitative estimate of drug-likeness (QED) is 0.652. The molecule has 0 aliphatic carbocycles. The van der Waals surface area contributed by atoms with Crippen molar-refractivity contribution in [2.75, 3.05) is 13.1 Å². The number of piperidine rings is 1. The predicted molar refractivity (Wildman–Crippen MR) is 108 cm³/mol. The zero-order valence-electron chi connectivity index (χ0n) is 15.2. The zero-order valence-corrected chi connectivity index (χ0v) is 17.6. The minimum Gasteiger partial charge on any atom is -0.492 e. The number of aromatic nitrogens is 3. The van der Waals surface area contributed by atoms with Gasteiger partial charge in [-0.25, -0.2) is 4.98 Å². The Morgan fingerprint density at radius 3 is 2.65 bits per heavy atom. The van der Waals surface area contributed by atoms with E-state index in [1.54, 1.807) is 4.52 Å². The second kappa shape index (κ2) is 6.94. The van der Waals surface area contributed by atoms with Crippen LogP contribution in [0.3, 0.4) is 0 Å². The molecule has 0 spiro atoms. The van der Waals surface area contributed by atoms with Crippen LogP contribution in [0.5, 0.6) is 5.88 Å². The fourth-order valence-corrected chi connectivity index (χ4v) is 5.73. The first-order valence-electron chi connectivity index (χ1n) is 8.97. The van der Waals surface area contributed by atoms with Crippen LogP contribution in [0.4, 0.5) is 0 Å². The van der Waals surface area contributed by atoms with Crippen LogP contribution < -0.4 is 0 Å². The lowest BCUT2D eigenvalue weighted by atomic mass is 9.89. The Bertz CT molecular complexity index is 927. The van der Waals surface area contributed by atoms with E-state index in [0.29, 0.717) is 17.7 Å². The SMILES string of the molecule is Cc1nc2sc([C@@H](c3cccc(Br)c3)N3C[C@H](C)C[C@H](C)C3)c(O)n2n1. The number of nitrogens with zero attached hydrogens (tertiary/aromatic N) is 4. The molecule has 5 nitrogen and oxygen atoms in total. The molecule has 3 atom stereocenters. The average molecular weight is 435 g/mol. The maximum absolute atomic E-state index is 10.9. The second-order valence-corrected chi connectivity index (χ2v) is 9.43. The third-order valence-electron chi connectivity index (χ3n) is 4.98. The first-order chi connectivity index (χ1) is 12.4. The van der Waals surface area contributed by atoms with Gasteiger partial charge in [0.2, 0.25) is 10.8 Å². The van der Waals surface area contributed by atoms with E-state index in [-0.39, 0.29) is 11.9 Å². The number of thiazole rings is 1. The molecular formula is C19H23BrN4OS. The number of benzene rings is 1. The Hall–Kier alpha value is -1.44. The van der Waals surface area contributed by atoms with Crippen molar-refractivity contribution in [3.63, 3.8) is 0 Å². The number of fused-ring (bicyclic) bond motifs is 1. The minimum absolute atomic E-state index is 0.00602. The Morgan fingerprint density at radius 2 is 2.00 bits per heavy atom. The number of hydrogen-bond acceptors (Lipinski definition) is 5. The summed E-state index contributed by atoms with van der Waals surface area (Å²) in [5, 5.41) is 15.2. The molecule has 0 bridgehead atoms. The summed E-state index contributed by atoms with van der Waals surface area (Å²) in [4.78, 5) is 8.60. The molecule has 0 unspecified atom stereocenters. The number of rotatable bonds is 3. The Kier molecular flexibility index (Phi) is 4.79. The van der Waals surface area contributed by atoms with Gasteiger partial charge < -0.3 is 5.11 Å². The number of hydrogen-bond donors (Lipinski definition) is 1. The van der Waals surface area contributed by atoms with Crippen LogP contribution in [-0.2, 0) is 0 Å². The van der Waals surface area contributed by atoms with Gasteiger partial charge in [-0.15, -0.1) is 5.10 Å². The van der Waals surface area contributed by atoms with Crippen LogP contribution in [0.2, 0.25) is 0 Å². The van der Waals surface area contributed by atoms with E-state index in [4.69, 9.17) is 0 Å². The maximum Gasteiger partial charge on any atom is 0.230 e. The van der Waals surface area contributed by atoms with Crippen molar-refractivity contribution in [1.82, 2.24) is 19.5 Å². The molecule has 1 aliphatic rings. The fraction of sp³-hybridized carbons (Fsp3) is 0.474. The molecular weight excluding hydrogens is 412 g/mol. The van der Waals surface area contributed by atoms with Crippen molar-refractivity contribution in [2.45, 2.75) is 33.2 Å². The Labute approximate surface area is 165 Å². The van der Waals surface area contributed by atoms with Gasteiger partial charge in [-0.2, -0.15) is 4.52 Å². The molecule has 0 amide bonds. The largest absolute Gasteiger partial charge is 0.492 e. The van der Waals surface area contributed by atoms with Crippen molar-refractivity contribution in [2.24, 2.45) is 11.8 Å². The Balaban J connectivity index is 1.84. The lowest BCUT2D eigenvalue weighted by molar-refractivity contribution is 0.112. The molecule has 138 valence electrons. The van der Waals surface area contributed by atoms with Gasteiger partial charge in [-0.05, 0) is 42.9 Å². The van der Waals surface area contributed by atoms with Gasteiger partial charge in [0.15, 0.2) is 0 Å². The summed E-state index contributed by atoms with van der Waals surface area (Å²) in [5.74, 6) is 2.17. The van der Waals surface area contributed by atoms with Gasteiger partial charge in [-0.1, -0.05) is 53.2 Å². The molecule has 0 saturated carbocycles. The van der Waals surface area contributed by atoms with E-state index < -0.39 is 0 Å². The van der Waals surface area contributed by atoms with Crippen molar-refractivity contribution in [1.29, 1.82) is 0 Å². The summed E-state index contributed by atoms with van der Waals surface area (Å²) >= 11 is 5.13. The summed E-state index contributed by atoms with van der Waals surface area (Å²) in [7, 11) is 0. The number of likely N-dealkylation sites (tertiary alicyclic amines) is 1. The minimum atomic E-state index is 0.00602. The fourth-order valence-electron chi connectivity index (χ4n) is 4.15. The summed E-state index contributed by atoms with van der Waals surface area (Å²) in [5.41, 5.74) is 1.18. The molecule has 3 heterocycles. The van der Waals surface area contributed by atoms with Crippen LogP contribution in [0.15, 0.2) is 28.7 Å². The summed E-state index contributed by atoms with van der Waals surface area (Å²) < 4.78 is 2.62. The summed E-state index contributed by atoms with van der Waals surface area (Å²) in [6.45, 7) is 8.51. The van der Waals surface area contributed by atoms with Crippen LogP contribution in [-0.4, -0.2) is 37.7 Å². The zero-order chi connectivity index (χ0) is 18.4. The second-order valence-electron chi connectivity index (χ2n) is 7.50. The third-order valence-corrected chi connectivity index (χ3v) is 6.55. The molecule has 0 radical (unpaired) electrons. The van der Waals surface area contributed by atoms with E-state index in [1.165, 1.54) is 23.3 Å². The standard InChI is InChI=1S/C19H23BrN4OS/c1-11-7-12(2)10-23(9-11)16(14-5-4-6-15(20)8-14)17-18(25)24-19(26-17)21-13(3)22-24/h4-6,8,11-12,16,25H,7,9-10H2,1-3H3/t11-,12+,16-/m1/s1. The van der Waals surface area contributed by atoms with Crippen LogP contribution in [0, 0.1) is 18.8 Å². The molecule has 3 aromatic rings. The molecule has 1 fully saturated rings. The molecule has 4 rings (SSSR count). The molecule has 1 N–H and O–H groups in total. The predicted octanol–water partition coefficient (Wildman–Crippen LogP) is 4.63. The highest BCUT2D eigenvalue weighted by Gasteiger charge is 2.33. The van der Waals surface area contributed by atoms with Crippen molar-refractivity contribution < 1.29 is 5.11 Å². The smallest absolute Gasteiger partial charge is 0.230 e. The highest BCUT2D eigenvalue weighted by Crippen LogP contribution is 2.42. The molecule has 2 aromatic heterocycles. The monoisotopic (exact) mass is 434 g/mol. The van der Waals surface area contributed by atoms with Crippen LogP contribution >= 0.6 is 27.3 Å². The average Bonchev–Trinajstić information content (AvgIpc) is 3.05. The van der Waals surface area contributed by atoms with Crippen LogP contribution in [0.1, 0.15) is 42.6 Å². The highest BCUT2D eigenvalue weighted by molar-refractivity contribution is 9.10. The summed E-state index contributed by atoms with van der Waals surface area (Å²) in [6, 6.07) is 8.39. The third kappa shape index (κ3) is 3.28. The van der Waals surface area contributed by atoms with Gasteiger partial charge in [0, 0.05) is 17.6 Å². The van der Waals surface area contributed by atoms with E-state index in [0.717, 1.165) is 27.4 Å². The van der Waals surface area contributed by atoms with Gasteiger partial charge >= 0.3 is 0 Å². The molecule has 1 aromatic carbocycles. The van der Waals surface area contributed by atoms with Crippen molar-refractivity contribution >= 4 is 32.2 Å². The molecule has 1 aliphatic heterocycles. The van der Waals surface area contributed by atoms with E-state index in [9.17, 15) is 5.11 Å². The lowest BCUT2D eigenvalue weighted by Gasteiger charge is -2.40. The molecule has 1 saturated heterocycles. The lowest BCUT2D eigenvalue weighted by Crippen LogP contribution is -2.41. The normalized spacial score (nSPS) is 22.8. The van der Waals surface area contributed by atoms with Gasteiger partial charge in [0.05, 0.1) is 10.9 Å². The highest BCUT2D eigenvalue weighted by atomic mass is 79.9. The van der Waals surface area contributed by atoms with Gasteiger partial charge in [0.1, 0.15) is 5.82 Å². The van der Waals surface area contributed by atoms with E-state index in [1.807, 2.05) is 13.0 Å². The molecule has 7 heteroatoms. The number of halogens is 1.